The molecule has 0 aromatic heterocycles. The van der Waals surface area contributed by atoms with Crippen molar-refractivity contribution in [2.45, 2.75) is 32.6 Å². The van der Waals surface area contributed by atoms with Crippen LogP contribution in [-0.2, 0) is 6.42 Å². The average molecular weight is 259 g/mol. The van der Waals surface area contributed by atoms with E-state index < -0.39 is 0 Å². The number of hydrogen-bond acceptors (Lipinski definition) is 0. The van der Waals surface area contributed by atoms with Crippen LogP contribution in [0.2, 0.25) is 0 Å². The summed E-state index contributed by atoms with van der Waals surface area (Å²) in [5.74, 6) is 0. The van der Waals surface area contributed by atoms with Crippen LogP contribution in [0.4, 0.5) is 0 Å². The first-order chi connectivity index (χ1) is 8.58. The number of benzene rings is 2. The minimum Gasteiger partial charge on any atom is -0.117 e. The second kappa shape index (κ2) is 5.58. The smallest absolute Gasteiger partial charge is 0.0628 e. The summed E-state index contributed by atoms with van der Waals surface area (Å²) in [6.45, 7) is 6.40. The zero-order valence-corrected chi connectivity index (χ0v) is 12.0. The fourth-order valence-electron chi connectivity index (χ4n) is 2.27. The van der Waals surface area contributed by atoms with Crippen molar-refractivity contribution in [3.05, 3.63) is 70.3 Å². The van der Waals surface area contributed by atoms with Gasteiger partial charge in [0.25, 0.3) is 0 Å². The van der Waals surface area contributed by atoms with Crippen LogP contribution in [0.1, 0.15) is 33.2 Å². The molecule has 0 bridgehead atoms. The van der Waals surface area contributed by atoms with Crippen molar-refractivity contribution >= 4 is 11.6 Å². The molecule has 2 aromatic carbocycles. The van der Waals surface area contributed by atoms with E-state index in [1.165, 1.54) is 27.8 Å². The molecule has 0 aliphatic rings. The van der Waals surface area contributed by atoms with Crippen molar-refractivity contribution in [1.82, 2.24) is 0 Å². The molecule has 0 heterocycles. The Hall–Kier alpha value is -1.27. The third-order valence-corrected chi connectivity index (χ3v) is 3.87. The lowest BCUT2D eigenvalue weighted by Gasteiger charge is -2.14. The maximum atomic E-state index is 6.57. The van der Waals surface area contributed by atoms with Gasteiger partial charge in [0, 0.05) is 0 Å². The van der Waals surface area contributed by atoms with E-state index in [-0.39, 0.29) is 5.38 Å². The molecule has 0 saturated carbocycles. The van der Waals surface area contributed by atoms with Crippen molar-refractivity contribution in [3.8, 4) is 0 Å². The molecule has 0 saturated heterocycles. The summed E-state index contributed by atoms with van der Waals surface area (Å²) in [5.41, 5.74) is 6.46. The van der Waals surface area contributed by atoms with Crippen molar-refractivity contribution < 1.29 is 0 Å². The zero-order chi connectivity index (χ0) is 13.1. The molecule has 18 heavy (non-hydrogen) atoms. The van der Waals surface area contributed by atoms with Gasteiger partial charge in [0.15, 0.2) is 0 Å². The van der Waals surface area contributed by atoms with Crippen molar-refractivity contribution in [2.75, 3.05) is 0 Å². The Balaban J connectivity index is 2.22. The maximum absolute atomic E-state index is 6.57. The summed E-state index contributed by atoms with van der Waals surface area (Å²) in [7, 11) is 0. The molecule has 2 rings (SSSR count). The zero-order valence-electron chi connectivity index (χ0n) is 11.2. The van der Waals surface area contributed by atoms with E-state index in [1.807, 2.05) is 0 Å². The maximum Gasteiger partial charge on any atom is 0.0628 e. The predicted molar refractivity (Wildman–Crippen MR) is 79.4 cm³/mol. The summed E-state index contributed by atoms with van der Waals surface area (Å²) in [4.78, 5) is 0. The molecule has 0 aliphatic carbocycles. The standard InChI is InChI=1S/C17H19Cl/c1-12-6-4-8-15(10-12)11-17(18)16-9-5-7-13(2)14(16)3/h4-10,17H,11H2,1-3H3. The second-order valence-electron chi connectivity index (χ2n) is 4.95. The molecule has 0 spiro atoms. The van der Waals surface area contributed by atoms with Gasteiger partial charge in [-0.3, -0.25) is 0 Å². The van der Waals surface area contributed by atoms with E-state index in [0.717, 1.165) is 6.42 Å². The van der Waals surface area contributed by atoms with Gasteiger partial charge in [0.2, 0.25) is 0 Å². The Morgan fingerprint density at radius 2 is 1.72 bits per heavy atom. The van der Waals surface area contributed by atoms with Crippen LogP contribution >= 0.6 is 11.6 Å². The molecule has 0 amide bonds. The Bertz CT molecular complexity index is 543. The molecule has 2 aromatic rings. The van der Waals surface area contributed by atoms with Gasteiger partial charge in [-0.1, -0.05) is 48.0 Å². The Kier molecular flexibility index (Phi) is 4.08. The van der Waals surface area contributed by atoms with E-state index in [2.05, 4.69) is 63.2 Å². The topological polar surface area (TPSA) is 0 Å². The molecule has 0 fully saturated rings. The normalized spacial score (nSPS) is 12.4. The van der Waals surface area contributed by atoms with Crippen LogP contribution in [0, 0.1) is 20.8 Å². The van der Waals surface area contributed by atoms with Gasteiger partial charge in [-0.25, -0.2) is 0 Å². The molecular weight excluding hydrogens is 240 g/mol. The molecule has 0 radical (unpaired) electrons. The summed E-state index contributed by atoms with van der Waals surface area (Å²) in [5, 5.41) is 0.0479. The lowest BCUT2D eigenvalue weighted by molar-refractivity contribution is 0.905. The summed E-state index contributed by atoms with van der Waals surface area (Å²) >= 11 is 6.57. The minimum absolute atomic E-state index is 0.0479. The number of aryl methyl sites for hydroxylation is 2. The highest BCUT2D eigenvalue weighted by Gasteiger charge is 2.12. The molecule has 1 unspecified atom stereocenters. The van der Waals surface area contributed by atoms with Crippen molar-refractivity contribution in [1.29, 1.82) is 0 Å². The van der Waals surface area contributed by atoms with Gasteiger partial charge in [0.1, 0.15) is 0 Å². The first-order valence-electron chi connectivity index (χ1n) is 6.33. The quantitative estimate of drug-likeness (QED) is 0.669. The third kappa shape index (κ3) is 2.94. The third-order valence-electron chi connectivity index (χ3n) is 3.48. The summed E-state index contributed by atoms with van der Waals surface area (Å²) in [6, 6.07) is 14.9. The van der Waals surface area contributed by atoms with Crippen LogP contribution in [0.5, 0.6) is 0 Å². The Morgan fingerprint density at radius 3 is 2.44 bits per heavy atom. The molecule has 0 nitrogen and oxygen atoms in total. The van der Waals surface area contributed by atoms with E-state index in [1.54, 1.807) is 0 Å². The van der Waals surface area contributed by atoms with Crippen molar-refractivity contribution in [2.24, 2.45) is 0 Å². The first-order valence-corrected chi connectivity index (χ1v) is 6.77. The van der Waals surface area contributed by atoms with Crippen molar-refractivity contribution in [3.63, 3.8) is 0 Å². The summed E-state index contributed by atoms with van der Waals surface area (Å²) < 4.78 is 0. The van der Waals surface area contributed by atoms with Crippen LogP contribution in [0.3, 0.4) is 0 Å². The van der Waals surface area contributed by atoms with Crippen LogP contribution in [-0.4, -0.2) is 0 Å². The minimum atomic E-state index is 0.0479. The predicted octanol–water partition coefficient (Wildman–Crippen LogP) is 5.13. The van der Waals surface area contributed by atoms with E-state index in [0.29, 0.717) is 0 Å². The number of halogens is 1. The first kappa shape index (κ1) is 13.2. The van der Waals surface area contributed by atoms with Crippen LogP contribution < -0.4 is 0 Å². The second-order valence-corrected chi connectivity index (χ2v) is 5.48. The summed E-state index contributed by atoms with van der Waals surface area (Å²) in [6.07, 6.45) is 0.882. The lowest BCUT2D eigenvalue weighted by Crippen LogP contribution is -2.00. The Labute approximate surface area is 115 Å². The number of hydrogen-bond donors (Lipinski definition) is 0. The van der Waals surface area contributed by atoms with E-state index in [9.17, 15) is 0 Å². The largest absolute Gasteiger partial charge is 0.117 e. The molecular formula is C17H19Cl. The van der Waals surface area contributed by atoms with Gasteiger partial charge in [-0.05, 0) is 49.4 Å². The SMILES string of the molecule is Cc1cccc(CC(Cl)c2cccc(C)c2C)c1. The monoisotopic (exact) mass is 258 g/mol. The number of rotatable bonds is 3. The molecule has 94 valence electrons. The fourth-order valence-corrected chi connectivity index (χ4v) is 2.68. The molecule has 0 N–H and O–H groups in total. The number of alkyl halides is 1. The highest BCUT2D eigenvalue weighted by atomic mass is 35.5. The van der Waals surface area contributed by atoms with Crippen LogP contribution in [0.25, 0.3) is 0 Å². The van der Waals surface area contributed by atoms with E-state index in [4.69, 9.17) is 11.6 Å². The highest BCUT2D eigenvalue weighted by molar-refractivity contribution is 6.21. The van der Waals surface area contributed by atoms with Gasteiger partial charge in [0.05, 0.1) is 5.38 Å². The van der Waals surface area contributed by atoms with Gasteiger partial charge in [-0.2, -0.15) is 0 Å². The fraction of sp³-hybridized carbons (Fsp3) is 0.294. The van der Waals surface area contributed by atoms with Gasteiger partial charge in [-0.15, -0.1) is 11.6 Å². The highest BCUT2D eigenvalue weighted by Crippen LogP contribution is 2.29. The van der Waals surface area contributed by atoms with E-state index >= 15 is 0 Å². The molecule has 1 atom stereocenters. The van der Waals surface area contributed by atoms with Gasteiger partial charge < -0.3 is 0 Å². The molecule has 0 aliphatic heterocycles. The average Bonchev–Trinajstić information content (AvgIpc) is 2.32. The van der Waals surface area contributed by atoms with Crippen LogP contribution in [0.15, 0.2) is 42.5 Å². The molecule has 1 heteroatoms. The lowest BCUT2D eigenvalue weighted by atomic mass is 9.96. The Morgan fingerprint density at radius 1 is 1.00 bits per heavy atom. The van der Waals surface area contributed by atoms with Gasteiger partial charge >= 0.3 is 0 Å².